The van der Waals surface area contributed by atoms with Crippen LogP contribution in [0.4, 0.5) is 0 Å². The predicted octanol–water partition coefficient (Wildman–Crippen LogP) is 1.86. The largest absolute Gasteiger partial charge is 0.480 e. The second kappa shape index (κ2) is 5.29. The highest BCUT2D eigenvalue weighted by atomic mass is 16.4. The molecular weight excluding hydrogens is 282 g/mol. The maximum atomic E-state index is 12.4. The van der Waals surface area contributed by atoms with Gasteiger partial charge in [0.1, 0.15) is 5.54 Å². The van der Waals surface area contributed by atoms with Crippen LogP contribution < -0.4 is 5.32 Å². The third-order valence-corrected chi connectivity index (χ3v) is 4.09. The van der Waals surface area contributed by atoms with Crippen molar-refractivity contribution >= 4 is 11.9 Å². The molecule has 1 fully saturated rings. The highest BCUT2D eigenvalue weighted by Crippen LogP contribution is 2.39. The molecule has 1 aromatic carbocycles. The fourth-order valence-corrected chi connectivity index (χ4v) is 2.51. The number of carbonyl (C=O) groups excluding carboxylic acids is 1. The molecule has 22 heavy (non-hydrogen) atoms. The minimum atomic E-state index is -1.21. The Labute approximate surface area is 127 Å². The molecule has 6 nitrogen and oxygen atoms in total. The quantitative estimate of drug-likeness (QED) is 0.882. The Kier molecular flexibility index (Phi) is 3.44. The smallest absolute Gasteiger partial charge is 0.329 e. The summed E-state index contributed by atoms with van der Waals surface area (Å²) >= 11 is 0. The Morgan fingerprint density at radius 3 is 2.73 bits per heavy atom. The molecule has 2 aromatic rings. The van der Waals surface area contributed by atoms with E-state index in [0.717, 1.165) is 18.5 Å². The molecule has 1 aromatic heterocycles. The monoisotopic (exact) mass is 299 g/mol. The van der Waals surface area contributed by atoms with Gasteiger partial charge in [0.2, 0.25) is 0 Å². The molecule has 2 N–H and O–H groups in total. The van der Waals surface area contributed by atoms with Gasteiger partial charge in [0.25, 0.3) is 5.91 Å². The van der Waals surface area contributed by atoms with Gasteiger partial charge in [-0.2, -0.15) is 5.10 Å². The lowest BCUT2D eigenvalue weighted by Gasteiger charge is -2.26. The molecule has 1 aliphatic carbocycles. The number of benzene rings is 1. The molecule has 1 saturated carbocycles. The molecule has 1 amide bonds. The summed E-state index contributed by atoms with van der Waals surface area (Å²) in [6.07, 6.45) is 5.09. The summed E-state index contributed by atoms with van der Waals surface area (Å²) in [6.45, 7) is 1.57. The second-order valence-electron chi connectivity index (χ2n) is 5.74. The maximum absolute atomic E-state index is 12.4. The number of carboxylic acids is 1. The molecule has 0 bridgehead atoms. The highest BCUT2D eigenvalue weighted by Gasteiger charge is 2.48. The van der Waals surface area contributed by atoms with E-state index in [4.69, 9.17) is 0 Å². The molecule has 1 heterocycles. The highest BCUT2D eigenvalue weighted by molar-refractivity contribution is 5.98. The first-order valence-corrected chi connectivity index (χ1v) is 7.17. The number of rotatable bonds is 5. The summed E-state index contributed by atoms with van der Waals surface area (Å²) in [7, 11) is 0. The number of hydrogen-bond donors (Lipinski definition) is 2. The lowest BCUT2D eigenvalue weighted by atomic mass is 9.95. The number of carbonyl (C=O) groups is 2. The van der Waals surface area contributed by atoms with E-state index in [9.17, 15) is 14.7 Å². The molecule has 0 spiro atoms. The van der Waals surface area contributed by atoms with Crippen LogP contribution in [-0.2, 0) is 4.79 Å². The van der Waals surface area contributed by atoms with Crippen LogP contribution in [0.3, 0.4) is 0 Å². The third kappa shape index (κ3) is 2.59. The van der Waals surface area contributed by atoms with Crippen LogP contribution >= 0.6 is 0 Å². The molecular formula is C16H17N3O3. The van der Waals surface area contributed by atoms with Gasteiger partial charge >= 0.3 is 5.97 Å². The lowest BCUT2D eigenvalue weighted by Crippen LogP contribution is -2.54. The van der Waals surface area contributed by atoms with Crippen molar-refractivity contribution in [3.63, 3.8) is 0 Å². The topological polar surface area (TPSA) is 84.2 Å². The van der Waals surface area contributed by atoms with Gasteiger partial charge in [-0.1, -0.05) is 6.07 Å². The zero-order valence-electron chi connectivity index (χ0n) is 12.2. The van der Waals surface area contributed by atoms with E-state index in [1.165, 1.54) is 0 Å². The van der Waals surface area contributed by atoms with Gasteiger partial charge in [0.15, 0.2) is 0 Å². The fourth-order valence-electron chi connectivity index (χ4n) is 2.51. The number of hydrogen-bond acceptors (Lipinski definition) is 3. The Morgan fingerprint density at radius 2 is 2.14 bits per heavy atom. The van der Waals surface area contributed by atoms with Crippen molar-refractivity contribution in [1.82, 2.24) is 15.1 Å². The fraction of sp³-hybridized carbons (Fsp3) is 0.312. The van der Waals surface area contributed by atoms with Crippen molar-refractivity contribution in [2.75, 3.05) is 0 Å². The summed E-state index contributed by atoms with van der Waals surface area (Å²) in [5.41, 5.74) is -0.0408. The van der Waals surface area contributed by atoms with Crippen molar-refractivity contribution in [2.24, 2.45) is 5.92 Å². The van der Waals surface area contributed by atoms with Gasteiger partial charge in [0, 0.05) is 18.0 Å². The molecule has 6 heteroatoms. The van der Waals surface area contributed by atoms with Crippen LogP contribution in [0, 0.1) is 5.92 Å². The minimum Gasteiger partial charge on any atom is -0.480 e. The number of aliphatic carboxylic acids is 1. The van der Waals surface area contributed by atoms with Crippen LogP contribution in [-0.4, -0.2) is 32.3 Å². The summed E-state index contributed by atoms with van der Waals surface area (Å²) in [6, 6.07) is 8.73. The predicted molar refractivity (Wildman–Crippen MR) is 79.8 cm³/mol. The summed E-state index contributed by atoms with van der Waals surface area (Å²) in [5, 5.41) is 16.2. The first kappa shape index (κ1) is 14.3. The van der Waals surface area contributed by atoms with Crippen molar-refractivity contribution in [3.8, 4) is 5.69 Å². The molecule has 114 valence electrons. The van der Waals surface area contributed by atoms with E-state index in [0.29, 0.717) is 5.56 Å². The Hall–Kier alpha value is -2.63. The first-order valence-electron chi connectivity index (χ1n) is 7.17. The normalized spacial score (nSPS) is 16.8. The van der Waals surface area contributed by atoms with Crippen molar-refractivity contribution in [3.05, 3.63) is 48.3 Å². The second-order valence-corrected chi connectivity index (χ2v) is 5.74. The van der Waals surface area contributed by atoms with E-state index in [1.54, 1.807) is 48.3 Å². The van der Waals surface area contributed by atoms with Crippen LogP contribution in [0.5, 0.6) is 0 Å². The van der Waals surface area contributed by atoms with Crippen LogP contribution in [0.2, 0.25) is 0 Å². The number of aromatic nitrogens is 2. The molecule has 0 aliphatic heterocycles. The summed E-state index contributed by atoms with van der Waals surface area (Å²) in [5.74, 6) is -1.37. The van der Waals surface area contributed by atoms with Crippen molar-refractivity contribution in [1.29, 1.82) is 0 Å². The van der Waals surface area contributed by atoms with Gasteiger partial charge in [-0.3, -0.25) is 4.79 Å². The SMILES string of the molecule is C[C@](NC(=O)c1cccc(-n2cccn2)c1)(C(=O)O)C1CC1. The average molecular weight is 299 g/mol. The van der Waals surface area contributed by atoms with Crippen molar-refractivity contribution in [2.45, 2.75) is 25.3 Å². The summed E-state index contributed by atoms with van der Waals surface area (Å²) in [4.78, 5) is 23.9. The number of nitrogens with one attached hydrogen (secondary N) is 1. The first-order chi connectivity index (χ1) is 10.5. The van der Waals surface area contributed by atoms with Gasteiger partial charge in [-0.25, -0.2) is 9.48 Å². The van der Waals surface area contributed by atoms with E-state index in [-0.39, 0.29) is 11.8 Å². The van der Waals surface area contributed by atoms with Gasteiger partial charge < -0.3 is 10.4 Å². The van der Waals surface area contributed by atoms with Gasteiger partial charge in [0.05, 0.1) is 5.69 Å². The summed E-state index contributed by atoms with van der Waals surface area (Å²) < 4.78 is 1.65. The zero-order valence-corrected chi connectivity index (χ0v) is 12.2. The molecule has 0 saturated heterocycles. The minimum absolute atomic E-state index is 0.00301. The van der Waals surface area contributed by atoms with E-state index < -0.39 is 11.5 Å². The molecule has 0 unspecified atom stereocenters. The molecule has 1 aliphatic rings. The standard InChI is InChI=1S/C16H17N3O3/c1-16(15(21)22,12-6-7-12)18-14(20)11-4-2-5-13(10-11)19-9-3-8-17-19/h2-5,8-10,12H,6-7H2,1H3,(H,18,20)(H,21,22)/t16-/m1/s1. The number of amides is 1. The van der Waals surface area contributed by atoms with Crippen LogP contribution in [0.25, 0.3) is 5.69 Å². The van der Waals surface area contributed by atoms with Crippen LogP contribution in [0.1, 0.15) is 30.1 Å². The van der Waals surface area contributed by atoms with E-state index in [2.05, 4.69) is 10.4 Å². The maximum Gasteiger partial charge on any atom is 0.329 e. The number of nitrogens with zero attached hydrogens (tertiary/aromatic N) is 2. The number of carboxylic acid groups (broad SMARTS) is 1. The third-order valence-electron chi connectivity index (χ3n) is 4.09. The Balaban J connectivity index is 1.83. The van der Waals surface area contributed by atoms with E-state index in [1.807, 2.05) is 6.07 Å². The Bertz CT molecular complexity index is 707. The molecule has 1 atom stereocenters. The lowest BCUT2D eigenvalue weighted by molar-refractivity contribution is -0.144. The van der Waals surface area contributed by atoms with Gasteiger partial charge in [-0.15, -0.1) is 0 Å². The molecule has 0 radical (unpaired) electrons. The zero-order chi connectivity index (χ0) is 15.7. The van der Waals surface area contributed by atoms with E-state index >= 15 is 0 Å². The van der Waals surface area contributed by atoms with Gasteiger partial charge in [-0.05, 0) is 49.9 Å². The molecule has 3 rings (SSSR count). The van der Waals surface area contributed by atoms with Crippen molar-refractivity contribution < 1.29 is 14.7 Å². The Morgan fingerprint density at radius 1 is 1.36 bits per heavy atom. The van der Waals surface area contributed by atoms with Crippen LogP contribution in [0.15, 0.2) is 42.7 Å². The average Bonchev–Trinajstić information content (AvgIpc) is 3.23.